The molecule has 1 aliphatic carbocycles. The highest BCUT2D eigenvalue weighted by atomic mass is 19.1. The first-order chi connectivity index (χ1) is 14.1. The van der Waals surface area contributed by atoms with Gasteiger partial charge in [0.15, 0.2) is 0 Å². The highest BCUT2D eigenvalue weighted by Gasteiger charge is 2.21. The van der Waals surface area contributed by atoms with Crippen LogP contribution in [0.25, 0.3) is 0 Å². The molecular formula is C25H26FNO2. The summed E-state index contributed by atoms with van der Waals surface area (Å²) in [5.41, 5.74) is 1.60. The number of benzene rings is 2. The van der Waals surface area contributed by atoms with Crippen molar-refractivity contribution in [3.8, 4) is 11.8 Å². The molecule has 0 bridgehead atoms. The number of carbonyl (C=O) groups excluding carboxylic acids is 1. The van der Waals surface area contributed by atoms with Crippen LogP contribution in [0.5, 0.6) is 5.75 Å². The van der Waals surface area contributed by atoms with E-state index in [-0.39, 0.29) is 11.3 Å². The third-order valence-corrected chi connectivity index (χ3v) is 5.52. The second-order valence-electron chi connectivity index (χ2n) is 7.59. The van der Waals surface area contributed by atoms with Crippen molar-refractivity contribution in [3.05, 3.63) is 77.1 Å². The average Bonchev–Trinajstić information content (AvgIpc) is 2.75. The summed E-state index contributed by atoms with van der Waals surface area (Å²) < 4.78 is 18.9. The molecule has 0 radical (unpaired) electrons. The SMILES string of the molecule is CCCC=CC1CCC(c2ccc(C(=O)Oc3ccc(C#N)c(F)c3)cc2)CC1. The first-order valence-electron chi connectivity index (χ1n) is 10.3. The zero-order valence-electron chi connectivity index (χ0n) is 16.7. The van der Waals surface area contributed by atoms with Crippen LogP contribution in [0.1, 0.15) is 72.9 Å². The average molecular weight is 391 g/mol. The van der Waals surface area contributed by atoms with Gasteiger partial charge < -0.3 is 4.74 Å². The molecule has 4 heteroatoms. The summed E-state index contributed by atoms with van der Waals surface area (Å²) in [5.74, 6) is 0.0760. The van der Waals surface area contributed by atoms with Crippen LogP contribution in [0.2, 0.25) is 0 Å². The Morgan fingerprint density at radius 1 is 1.17 bits per heavy atom. The molecule has 150 valence electrons. The molecule has 0 spiro atoms. The van der Waals surface area contributed by atoms with Crippen LogP contribution in [0.3, 0.4) is 0 Å². The van der Waals surface area contributed by atoms with Crippen molar-refractivity contribution < 1.29 is 13.9 Å². The van der Waals surface area contributed by atoms with Gasteiger partial charge in [0.05, 0.1) is 11.1 Å². The van der Waals surface area contributed by atoms with Crippen molar-refractivity contribution in [3.63, 3.8) is 0 Å². The van der Waals surface area contributed by atoms with Crippen molar-refractivity contribution in [1.29, 1.82) is 5.26 Å². The lowest BCUT2D eigenvalue weighted by Gasteiger charge is -2.27. The van der Waals surface area contributed by atoms with Crippen LogP contribution < -0.4 is 4.74 Å². The second-order valence-corrected chi connectivity index (χ2v) is 7.59. The van der Waals surface area contributed by atoms with Gasteiger partial charge in [0.2, 0.25) is 0 Å². The highest BCUT2D eigenvalue weighted by molar-refractivity contribution is 5.91. The van der Waals surface area contributed by atoms with Crippen LogP contribution >= 0.6 is 0 Å². The van der Waals surface area contributed by atoms with Gasteiger partial charge in [0, 0.05) is 6.07 Å². The van der Waals surface area contributed by atoms with Crippen molar-refractivity contribution in [2.24, 2.45) is 5.92 Å². The van der Waals surface area contributed by atoms with E-state index >= 15 is 0 Å². The number of allylic oxidation sites excluding steroid dienone is 2. The summed E-state index contributed by atoms with van der Waals surface area (Å²) in [5, 5.41) is 8.76. The predicted molar refractivity (Wildman–Crippen MR) is 111 cm³/mol. The number of hydrogen-bond donors (Lipinski definition) is 0. The van der Waals surface area contributed by atoms with Gasteiger partial charge in [-0.3, -0.25) is 0 Å². The molecule has 0 aliphatic heterocycles. The Labute approximate surface area is 171 Å². The minimum atomic E-state index is -0.701. The standard InChI is InChI=1S/C25H26FNO2/c1-2-3-4-5-18-6-8-19(9-7-18)20-10-12-21(13-11-20)25(28)29-23-15-14-22(17-27)24(26)16-23/h4-5,10-16,18-19H,2-3,6-9H2,1H3. The van der Waals surface area contributed by atoms with Gasteiger partial charge >= 0.3 is 5.97 Å². The Hall–Kier alpha value is -2.93. The topological polar surface area (TPSA) is 50.1 Å². The molecule has 0 N–H and O–H groups in total. The molecule has 1 fully saturated rings. The molecule has 0 unspecified atom stereocenters. The monoisotopic (exact) mass is 391 g/mol. The summed E-state index contributed by atoms with van der Waals surface area (Å²) in [6, 6.07) is 13.0. The van der Waals surface area contributed by atoms with E-state index in [1.165, 1.54) is 37.0 Å². The first-order valence-corrected chi connectivity index (χ1v) is 10.3. The molecule has 1 saturated carbocycles. The number of halogens is 1. The number of carbonyl (C=O) groups is 1. The summed E-state index contributed by atoms with van der Waals surface area (Å²) in [6.07, 6.45) is 11.8. The Bertz CT molecular complexity index is 903. The number of unbranched alkanes of at least 4 members (excludes halogenated alkanes) is 1. The van der Waals surface area contributed by atoms with Gasteiger partial charge in [-0.05, 0) is 73.8 Å². The zero-order valence-corrected chi connectivity index (χ0v) is 16.7. The Kier molecular flexibility index (Phi) is 7.19. The Balaban J connectivity index is 1.57. The van der Waals surface area contributed by atoms with E-state index in [0.717, 1.165) is 25.3 Å². The lowest BCUT2D eigenvalue weighted by molar-refractivity contribution is 0.0734. The van der Waals surface area contributed by atoms with Gasteiger partial charge in [0.1, 0.15) is 17.6 Å². The highest BCUT2D eigenvalue weighted by Crippen LogP contribution is 2.36. The molecule has 0 heterocycles. The lowest BCUT2D eigenvalue weighted by Crippen LogP contribution is -2.12. The minimum absolute atomic E-state index is 0.0790. The van der Waals surface area contributed by atoms with E-state index in [2.05, 4.69) is 19.1 Å². The fourth-order valence-electron chi connectivity index (χ4n) is 3.81. The van der Waals surface area contributed by atoms with E-state index in [1.54, 1.807) is 18.2 Å². The lowest BCUT2D eigenvalue weighted by atomic mass is 9.78. The predicted octanol–water partition coefficient (Wildman–Crippen LogP) is 6.55. The molecule has 2 aromatic rings. The van der Waals surface area contributed by atoms with Crippen molar-refractivity contribution in [2.45, 2.75) is 51.4 Å². The van der Waals surface area contributed by atoms with Crippen molar-refractivity contribution in [2.75, 3.05) is 0 Å². The van der Waals surface area contributed by atoms with E-state index in [1.807, 2.05) is 12.1 Å². The summed E-state index contributed by atoms with van der Waals surface area (Å²) >= 11 is 0. The molecule has 0 atom stereocenters. The molecular weight excluding hydrogens is 365 g/mol. The molecule has 0 saturated heterocycles. The molecule has 2 aromatic carbocycles. The Morgan fingerprint density at radius 3 is 2.52 bits per heavy atom. The quantitative estimate of drug-likeness (QED) is 0.319. The second kappa shape index (κ2) is 10.0. The summed E-state index contributed by atoms with van der Waals surface area (Å²) in [4.78, 5) is 12.3. The zero-order chi connectivity index (χ0) is 20.6. The van der Waals surface area contributed by atoms with Crippen molar-refractivity contribution in [1.82, 2.24) is 0 Å². The maximum Gasteiger partial charge on any atom is 0.343 e. The van der Waals surface area contributed by atoms with E-state index in [9.17, 15) is 9.18 Å². The Morgan fingerprint density at radius 2 is 1.90 bits per heavy atom. The molecule has 0 amide bonds. The number of hydrogen-bond acceptors (Lipinski definition) is 3. The normalized spacial score (nSPS) is 19.1. The summed E-state index contributed by atoms with van der Waals surface area (Å²) in [7, 11) is 0. The third-order valence-electron chi connectivity index (χ3n) is 5.52. The van der Waals surface area contributed by atoms with Gasteiger partial charge in [-0.1, -0.05) is 37.6 Å². The summed E-state index contributed by atoms with van der Waals surface area (Å²) in [6.45, 7) is 2.20. The molecule has 29 heavy (non-hydrogen) atoms. The van der Waals surface area contributed by atoms with Gasteiger partial charge in [-0.2, -0.15) is 5.26 Å². The maximum atomic E-state index is 13.7. The minimum Gasteiger partial charge on any atom is -0.423 e. The van der Waals surface area contributed by atoms with E-state index < -0.39 is 11.8 Å². The number of ether oxygens (including phenoxy) is 1. The molecule has 3 nitrogen and oxygen atoms in total. The maximum absolute atomic E-state index is 13.7. The smallest absolute Gasteiger partial charge is 0.343 e. The van der Waals surface area contributed by atoms with Gasteiger partial charge in [-0.15, -0.1) is 0 Å². The largest absolute Gasteiger partial charge is 0.423 e. The number of nitriles is 1. The first kappa shape index (κ1) is 20.8. The molecule has 0 aromatic heterocycles. The number of rotatable bonds is 6. The van der Waals surface area contributed by atoms with Gasteiger partial charge in [-0.25, -0.2) is 9.18 Å². The van der Waals surface area contributed by atoms with E-state index in [0.29, 0.717) is 17.4 Å². The van der Waals surface area contributed by atoms with Crippen LogP contribution in [0.15, 0.2) is 54.6 Å². The van der Waals surface area contributed by atoms with Gasteiger partial charge in [0.25, 0.3) is 0 Å². The fraction of sp³-hybridized carbons (Fsp3) is 0.360. The van der Waals surface area contributed by atoms with Crippen LogP contribution in [-0.2, 0) is 0 Å². The third kappa shape index (κ3) is 5.54. The molecule has 3 rings (SSSR count). The number of esters is 1. The fourth-order valence-corrected chi connectivity index (χ4v) is 3.81. The van der Waals surface area contributed by atoms with Crippen molar-refractivity contribution >= 4 is 5.97 Å². The number of nitrogens with zero attached hydrogens (tertiary/aromatic N) is 1. The molecule has 1 aliphatic rings. The van der Waals surface area contributed by atoms with E-state index in [4.69, 9.17) is 10.00 Å². The van der Waals surface area contributed by atoms with Crippen LogP contribution in [0.4, 0.5) is 4.39 Å². The van der Waals surface area contributed by atoms with Crippen LogP contribution in [0, 0.1) is 23.1 Å². The van der Waals surface area contributed by atoms with Crippen LogP contribution in [-0.4, -0.2) is 5.97 Å².